The van der Waals surface area contributed by atoms with E-state index in [4.69, 9.17) is 4.74 Å². The highest BCUT2D eigenvalue weighted by atomic mass is 127. The van der Waals surface area contributed by atoms with E-state index < -0.39 is 10.0 Å². The fourth-order valence-electron chi connectivity index (χ4n) is 3.88. The first kappa shape index (κ1) is 25.8. The molecule has 0 saturated carbocycles. The molecule has 1 aromatic heterocycles. The fourth-order valence-corrected chi connectivity index (χ4v) is 5.61. The Morgan fingerprint density at radius 2 is 1.97 bits per heavy atom. The molecule has 0 amide bonds. The normalized spacial score (nSPS) is 21.1. The molecule has 1 unspecified atom stereocenters. The Bertz CT molecular complexity index is 746. The molecular weight excluding hydrogens is 537 g/mol. The highest BCUT2D eigenvalue weighted by molar-refractivity contribution is 14.0. The van der Waals surface area contributed by atoms with Crippen molar-refractivity contribution < 1.29 is 13.2 Å². The van der Waals surface area contributed by atoms with Gasteiger partial charge in [-0.1, -0.05) is 6.07 Å². The first-order valence-corrected chi connectivity index (χ1v) is 12.9. The first-order valence-electron chi connectivity index (χ1n) is 10.2. The van der Waals surface area contributed by atoms with Gasteiger partial charge in [0.25, 0.3) is 0 Å². The second kappa shape index (κ2) is 12.5. The van der Waals surface area contributed by atoms with Gasteiger partial charge in [-0.15, -0.1) is 35.3 Å². The number of piperidine rings is 1. The van der Waals surface area contributed by atoms with Gasteiger partial charge in [0, 0.05) is 51.2 Å². The molecule has 172 valence electrons. The summed E-state index contributed by atoms with van der Waals surface area (Å²) >= 11 is 1.79. The van der Waals surface area contributed by atoms with E-state index >= 15 is 0 Å². The average Bonchev–Trinajstić information content (AvgIpc) is 3.25. The van der Waals surface area contributed by atoms with E-state index in [2.05, 4.69) is 38.0 Å². The third-order valence-corrected chi connectivity index (χ3v) is 7.92. The summed E-state index contributed by atoms with van der Waals surface area (Å²) in [6.07, 6.45) is 3.04. The minimum atomic E-state index is -3.07. The number of ether oxygens (including phenoxy) is 1. The lowest BCUT2D eigenvalue weighted by Gasteiger charge is -2.34. The van der Waals surface area contributed by atoms with Crippen LogP contribution in [-0.2, 0) is 14.8 Å². The van der Waals surface area contributed by atoms with Gasteiger partial charge < -0.3 is 15.4 Å². The number of thiophene rings is 1. The van der Waals surface area contributed by atoms with Gasteiger partial charge in [-0.2, -0.15) is 0 Å². The largest absolute Gasteiger partial charge is 0.379 e. The van der Waals surface area contributed by atoms with E-state index in [0.717, 1.165) is 58.2 Å². The van der Waals surface area contributed by atoms with Gasteiger partial charge in [0.15, 0.2) is 5.96 Å². The number of halogens is 1. The van der Waals surface area contributed by atoms with Crippen molar-refractivity contribution in [2.75, 3.05) is 65.8 Å². The van der Waals surface area contributed by atoms with E-state index in [1.54, 1.807) is 22.7 Å². The molecule has 30 heavy (non-hydrogen) atoms. The molecule has 2 N–H and O–H groups in total. The smallest absolute Gasteiger partial charge is 0.211 e. The van der Waals surface area contributed by atoms with Crippen molar-refractivity contribution in [1.29, 1.82) is 0 Å². The highest BCUT2D eigenvalue weighted by Gasteiger charge is 2.26. The van der Waals surface area contributed by atoms with Crippen LogP contribution in [0.1, 0.15) is 23.8 Å². The number of guanidine groups is 1. The van der Waals surface area contributed by atoms with Gasteiger partial charge in [0.05, 0.1) is 25.5 Å². The number of nitrogens with one attached hydrogen (secondary N) is 2. The molecule has 3 heterocycles. The maximum atomic E-state index is 11.7. The van der Waals surface area contributed by atoms with Crippen molar-refractivity contribution in [2.45, 2.75) is 18.9 Å². The Hall–Kier alpha value is -0.470. The van der Waals surface area contributed by atoms with Gasteiger partial charge in [-0.3, -0.25) is 9.89 Å². The molecule has 1 aromatic rings. The molecule has 0 bridgehead atoms. The molecule has 8 nitrogen and oxygen atoms in total. The molecule has 2 saturated heterocycles. The molecule has 0 aliphatic carbocycles. The lowest BCUT2D eigenvalue weighted by Crippen LogP contribution is -2.47. The zero-order valence-corrected chi connectivity index (χ0v) is 21.7. The van der Waals surface area contributed by atoms with Crippen LogP contribution in [0.3, 0.4) is 0 Å². The van der Waals surface area contributed by atoms with Crippen LogP contribution in [-0.4, -0.2) is 89.4 Å². The number of hydrogen-bond donors (Lipinski definition) is 2. The average molecular weight is 572 g/mol. The minimum Gasteiger partial charge on any atom is -0.379 e. The topological polar surface area (TPSA) is 86.3 Å². The molecule has 2 fully saturated rings. The van der Waals surface area contributed by atoms with Gasteiger partial charge >= 0.3 is 0 Å². The first-order chi connectivity index (χ1) is 14.0. The summed E-state index contributed by atoms with van der Waals surface area (Å²) in [5.74, 6) is 1.25. The van der Waals surface area contributed by atoms with Crippen LogP contribution in [0.15, 0.2) is 22.5 Å². The van der Waals surface area contributed by atoms with E-state index in [1.807, 2.05) is 0 Å². The summed E-state index contributed by atoms with van der Waals surface area (Å²) < 4.78 is 30.4. The highest BCUT2D eigenvalue weighted by Crippen LogP contribution is 2.25. The number of rotatable bonds is 7. The van der Waals surface area contributed by atoms with Crippen LogP contribution in [0, 0.1) is 5.92 Å². The van der Waals surface area contributed by atoms with E-state index in [0.29, 0.717) is 25.0 Å². The second-order valence-electron chi connectivity index (χ2n) is 7.62. The molecular formula is C19H34IN5O3S2. The lowest BCUT2D eigenvalue weighted by atomic mass is 9.98. The minimum absolute atomic E-state index is 0. The zero-order chi connectivity index (χ0) is 20.7. The van der Waals surface area contributed by atoms with Gasteiger partial charge in [-0.25, -0.2) is 12.7 Å². The van der Waals surface area contributed by atoms with Crippen LogP contribution in [0.4, 0.5) is 0 Å². The number of sulfonamides is 1. The van der Waals surface area contributed by atoms with Gasteiger partial charge in [-0.05, 0) is 30.2 Å². The number of hydrogen-bond acceptors (Lipinski definition) is 6. The molecule has 2 aliphatic heterocycles. The molecule has 0 aromatic carbocycles. The Labute approximate surface area is 201 Å². The third-order valence-electron chi connectivity index (χ3n) is 5.65. The van der Waals surface area contributed by atoms with Crippen molar-refractivity contribution in [2.24, 2.45) is 10.9 Å². The van der Waals surface area contributed by atoms with Crippen molar-refractivity contribution in [3.8, 4) is 0 Å². The predicted molar refractivity (Wildman–Crippen MR) is 133 cm³/mol. The summed E-state index contributed by atoms with van der Waals surface area (Å²) in [6, 6.07) is 4.59. The van der Waals surface area contributed by atoms with E-state index in [1.165, 1.54) is 11.1 Å². The van der Waals surface area contributed by atoms with Crippen LogP contribution in [0.2, 0.25) is 0 Å². The standard InChI is InChI=1S/C19H33N5O3S2.HI/c1-20-19(21-14-16-5-7-24(8-6-16)29(2,25)26)22-15-17(18-4-3-13-28-18)23-9-11-27-12-10-23;/h3-4,13,16-17H,5-12,14-15H2,1-2H3,(H2,20,21,22);1H. The number of nitrogens with zero attached hydrogens (tertiary/aromatic N) is 3. The summed E-state index contributed by atoms with van der Waals surface area (Å²) in [4.78, 5) is 8.19. The summed E-state index contributed by atoms with van der Waals surface area (Å²) in [5, 5.41) is 9.04. The van der Waals surface area contributed by atoms with Crippen molar-refractivity contribution >= 4 is 51.3 Å². The summed E-state index contributed by atoms with van der Waals surface area (Å²) in [7, 11) is -1.28. The molecule has 0 spiro atoms. The van der Waals surface area contributed by atoms with Gasteiger partial charge in [0.1, 0.15) is 0 Å². The Morgan fingerprint density at radius 1 is 1.27 bits per heavy atom. The van der Waals surface area contributed by atoms with E-state index in [-0.39, 0.29) is 24.0 Å². The summed E-state index contributed by atoms with van der Waals surface area (Å²) in [5.41, 5.74) is 0. The molecule has 2 aliphatic rings. The van der Waals surface area contributed by atoms with Crippen molar-refractivity contribution in [1.82, 2.24) is 19.8 Å². The van der Waals surface area contributed by atoms with Crippen LogP contribution >= 0.6 is 35.3 Å². The van der Waals surface area contributed by atoms with Crippen molar-refractivity contribution in [3.05, 3.63) is 22.4 Å². The van der Waals surface area contributed by atoms with Crippen molar-refractivity contribution in [3.63, 3.8) is 0 Å². The predicted octanol–water partition coefficient (Wildman–Crippen LogP) is 1.58. The Balaban J connectivity index is 0.00000320. The quantitative estimate of drug-likeness (QED) is 0.294. The molecule has 3 rings (SSSR count). The maximum Gasteiger partial charge on any atom is 0.211 e. The number of morpholine rings is 1. The molecule has 11 heteroatoms. The fraction of sp³-hybridized carbons (Fsp3) is 0.737. The number of aliphatic imine (C=N–C) groups is 1. The molecule has 1 atom stereocenters. The lowest BCUT2D eigenvalue weighted by molar-refractivity contribution is 0.0177. The Kier molecular flexibility index (Phi) is 10.8. The van der Waals surface area contributed by atoms with Gasteiger partial charge in [0.2, 0.25) is 10.0 Å². The van der Waals surface area contributed by atoms with E-state index in [9.17, 15) is 8.42 Å². The zero-order valence-electron chi connectivity index (χ0n) is 17.7. The monoisotopic (exact) mass is 571 g/mol. The Morgan fingerprint density at radius 3 is 2.53 bits per heavy atom. The van der Waals surface area contributed by atoms with Crippen LogP contribution in [0.5, 0.6) is 0 Å². The van der Waals surface area contributed by atoms with Crippen LogP contribution in [0.25, 0.3) is 0 Å². The maximum absolute atomic E-state index is 11.7. The second-order valence-corrected chi connectivity index (χ2v) is 10.6. The molecule has 0 radical (unpaired) electrons. The van der Waals surface area contributed by atoms with Crippen LogP contribution < -0.4 is 10.6 Å². The third kappa shape index (κ3) is 7.59. The SMILES string of the molecule is CN=C(NCC1CCN(S(C)(=O)=O)CC1)NCC(c1cccs1)N1CCOCC1.I. The summed E-state index contributed by atoms with van der Waals surface area (Å²) in [6.45, 7) is 6.24.